The van der Waals surface area contributed by atoms with Gasteiger partial charge in [0.25, 0.3) is 5.91 Å². The van der Waals surface area contributed by atoms with Crippen molar-refractivity contribution in [3.8, 4) is 5.75 Å². The fourth-order valence-corrected chi connectivity index (χ4v) is 5.54. The van der Waals surface area contributed by atoms with Crippen LogP contribution in [-0.2, 0) is 17.9 Å². The van der Waals surface area contributed by atoms with Crippen LogP contribution in [-0.4, -0.2) is 49.5 Å². The Hall–Kier alpha value is -3.72. The number of carbonyl (C=O) groups is 2. The van der Waals surface area contributed by atoms with E-state index in [1.165, 1.54) is 0 Å². The van der Waals surface area contributed by atoms with Gasteiger partial charge in [0.2, 0.25) is 5.91 Å². The van der Waals surface area contributed by atoms with Crippen molar-refractivity contribution < 1.29 is 14.3 Å². The first-order chi connectivity index (χ1) is 17.5. The second-order valence-corrected chi connectivity index (χ2v) is 9.92. The molecule has 2 fully saturated rings. The molecule has 2 amide bonds. The van der Waals surface area contributed by atoms with Crippen LogP contribution in [0.2, 0.25) is 0 Å². The van der Waals surface area contributed by atoms with Gasteiger partial charge in [-0.2, -0.15) is 5.10 Å². The monoisotopic (exact) mass is 486 g/mol. The molecule has 0 bridgehead atoms. The van der Waals surface area contributed by atoms with Gasteiger partial charge >= 0.3 is 0 Å². The Labute approximate surface area is 209 Å². The lowest BCUT2D eigenvalue weighted by molar-refractivity contribution is -0.126. The number of carbonyl (C=O) groups excluding carboxylic acids is 2. The summed E-state index contributed by atoms with van der Waals surface area (Å²) in [6.45, 7) is 4.95. The SMILES string of the molecule is C=C1CCC(N2Cc3cc(OC4CCCCC4NCc4cnc5ccnn5c4)ccc3C2=O)C(=O)N1. The van der Waals surface area contributed by atoms with Crippen molar-refractivity contribution in [2.45, 2.75) is 69.8 Å². The highest BCUT2D eigenvalue weighted by Crippen LogP contribution is 2.32. The van der Waals surface area contributed by atoms with Crippen molar-refractivity contribution in [3.05, 3.63) is 71.8 Å². The topological polar surface area (TPSA) is 101 Å². The maximum Gasteiger partial charge on any atom is 0.255 e. The summed E-state index contributed by atoms with van der Waals surface area (Å²) < 4.78 is 8.26. The van der Waals surface area contributed by atoms with Crippen molar-refractivity contribution >= 4 is 17.5 Å². The molecular weight excluding hydrogens is 456 g/mol. The summed E-state index contributed by atoms with van der Waals surface area (Å²) in [5.41, 5.74) is 4.18. The molecule has 3 atom stereocenters. The van der Waals surface area contributed by atoms with E-state index in [-0.39, 0.29) is 24.0 Å². The zero-order chi connectivity index (χ0) is 24.6. The Morgan fingerprint density at radius 1 is 1.17 bits per heavy atom. The van der Waals surface area contributed by atoms with E-state index in [9.17, 15) is 9.59 Å². The number of allylic oxidation sites excluding steroid dienone is 1. The van der Waals surface area contributed by atoms with Crippen molar-refractivity contribution in [2.75, 3.05) is 0 Å². The Morgan fingerprint density at radius 3 is 2.94 bits per heavy atom. The van der Waals surface area contributed by atoms with Crippen LogP contribution in [0.1, 0.15) is 60.0 Å². The first-order valence-electron chi connectivity index (χ1n) is 12.7. The summed E-state index contributed by atoms with van der Waals surface area (Å²) in [6, 6.07) is 7.33. The molecule has 1 saturated carbocycles. The predicted octanol–water partition coefficient (Wildman–Crippen LogP) is 2.96. The molecule has 1 aromatic carbocycles. The van der Waals surface area contributed by atoms with E-state index < -0.39 is 6.04 Å². The Balaban J connectivity index is 1.12. The molecule has 2 aliphatic heterocycles. The minimum atomic E-state index is -0.456. The van der Waals surface area contributed by atoms with E-state index in [1.807, 2.05) is 36.7 Å². The van der Waals surface area contributed by atoms with Crippen LogP contribution >= 0.6 is 0 Å². The molecule has 3 aliphatic rings. The van der Waals surface area contributed by atoms with Crippen LogP contribution < -0.4 is 15.4 Å². The highest BCUT2D eigenvalue weighted by Gasteiger charge is 2.38. The molecule has 2 aromatic heterocycles. The largest absolute Gasteiger partial charge is 0.489 e. The molecule has 0 spiro atoms. The lowest BCUT2D eigenvalue weighted by Crippen LogP contribution is -2.49. The number of amides is 2. The van der Waals surface area contributed by atoms with E-state index in [0.717, 1.165) is 48.2 Å². The smallest absolute Gasteiger partial charge is 0.255 e. The van der Waals surface area contributed by atoms with E-state index in [1.54, 1.807) is 15.6 Å². The molecule has 1 aliphatic carbocycles. The summed E-state index contributed by atoms with van der Waals surface area (Å²) in [6.07, 6.45) is 11.3. The van der Waals surface area contributed by atoms with Crippen LogP contribution in [0.3, 0.4) is 0 Å². The summed E-state index contributed by atoms with van der Waals surface area (Å²) in [5.74, 6) is 0.522. The number of aromatic nitrogens is 3. The van der Waals surface area contributed by atoms with E-state index in [4.69, 9.17) is 4.74 Å². The molecule has 3 aromatic rings. The van der Waals surface area contributed by atoms with Gasteiger partial charge in [0.05, 0.1) is 6.20 Å². The zero-order valence-electron chi connectivity index (χ0n) is 20.2. The number of piperidine rings is 1. The summed E-state index contributed by atoms with van der Waals surface area (Å²) in [7, 11) is 0. The van der Waals surface area contributed by atoms with Gasteiger partial charge in [0.15, 0.2) is 5.65 Å². The van der Waals surface area contributed by atoms with Crippen LogP contribution in [0.4, 0.5) is 0 Å². The maximum atomic E-state index is 13.0. The fraction of sp³-hybridized carbons (Fsp3) is 0.407. The van der Waals surface area contributed by atoms with Crippen molar-refractivity contribution in [1.82, 2.24) is 30.1 Å². The van der Waals surface area contributed by atoms with Gasteiger partial charge in [0.1, 0.15) is 17.9 Å². The lowest BCUT2D eigenvalue weighted by Gasteiger charge is -2.32. The lowest BCUT2D eigenvalue weighted by atomic mass is 9.92. The second kappa shape index (κ2) is 9.39. The third kappa shape index (κ3) is 4.35. The second-order valence-electron chi connectivity index (χ2n) is 9.92. The molecule has 36 heavy (non-hydrogen) atoms. The van der Waals surface area contributed by atoms with Gasteiger partial charge in [-0.25, -0.2) is 9.50 Å². The average molecular weight is 487 g/mol. The molecule has 2 N–H and O–H groups in total. The molecular formula is C27H30N6O3. The number of nitrogens with zero attached hydrogens (tertiary/aromatic N) is 4. The first kappa shape index (κ1) is 22.7. The number of hydrogen-bond acceptors (Lipinski definition) is 6. The molecule has 0 radical (unpaired) electrons. The highest BCUT2D eigenvalue weighted by atomic mass is 16.5. The minimum absolute atomic E-state index is 0.0431. The number of hydrogen-bond donors (Lipinski definition) is 2. The molecule has 9 heteroatoms. The van der Waals surface area contributed by atoms with Crippen molar-refractivity contribution in [3.63, 3.8) is 0 Å². The van der Waals surface area contributed by atoms with Crippen molar-refractivity contribution in [1.29, 1.82) is 0 Å². The average Bonchev–Trinajstić information content (AvgIpc) is 3.47. The predicted molar refractivity (Wildman–Crippen MR) is 133 cm³/mol. The fourth-order valence-electron chi connectivity index (χ4n) is 5.54. The number of fused-ring (bicyclic) bond motifs is 2. The molecule has 1 saturated heterocycles. The molecule has 3 unspecified atom stereocenters. The summed E-state index contributed by atoms with van der Waals surface area (Å²) >= 11 is 0. The summed E-state index contributed by atoms with van der Waals surface area (Å²) in [4.78, 5) is 31.6. The van der Waals surface area contributed by atoms with Crippen molar-refractivity contribution in [2.24, 2.45) is 0 Å². The Bertz CT molecular complexity index is 1330. The number of ether oxygens (including phenoxy) is 1. The van der Waals surface area contributed by atoms with Gasteiger partial charge in [-0.1, -0.05) is 13.0 Å². The molecule has 186 valence electrons. The third-order valence-electron chi connectivity index (χ3n) is 7.47. The number of benzene rings is 1. The maximum absolute atomic E-state index is 13.0. The molecule has 4 heterocycles. The van der Waals surface area contributed by atoms with Crippen LogP contribution in [0.15, 0.2) is 55.1 Å². The van der Waals surface area contributed by atoms with Gasteiger partial charge in [-0.15, -0.1) is 0 Å². The Kier molecular flexibility index (Phi) is 5.92. The van der Waals surface area contributed by atoms with E-state index in [0.29, 0.717) is 37.2 Å². The third-order valence-corrected chi connectivity index (χ3v) is 7.47. The van der Waals surface area contributed by atoms with E-state index >= 15 is 0 Å². The van der Waals surface area contributed by atoms with Gasteiger partial charge in [0, 0.05) is 54.4 Å². The zero-order valence-corrected chi connectivity index (χ0v) is 20.2. The number of nitrogens with one attached hydrogen (secondary N) is 2. The standard InChI is InChI=1S/C27H30N6O3/c1-17-6-9-23(26(34)31-17)32-16-19-12-20(7-8-21(19)27(32)35)36-24-5-3-2-4-22(24)28-13-18-14-29-25-10-11-30-33(25)15-18/h7-8,10-12,14-15,22-24,28H,1-6,9,13,16H2,(H,31,34). The number of rotatable bonds is 6. The highest BCUT2D eigenvalue weighted by molar-refractivity contribution is 6.01. The molecule has 6 rings (SSSR count). The first-order valence-corrected chi connectivity index (χ1v) is 12.7. The van der Waals surface area contributed by atoms with E-state index in [2.05, 4.69) is 27.3 Å². The van der Waals surface area contributed by atoms with Gasteiger partial charge in [-0.3, -0.25) is 9.59 Å². The Morgan fingerprint density at radius 2 is 2.06 bits per heavy atom. The molecule has 9 nitrogen and oxygen atoms in total. The van der Waals surface area contributed by atoms with Crippen LogP contribution in [0.25, 0.3) is 5.65 Å². The van der Waals surface area contributed by atoms with Crippen LogP contribution in [0, 0.1) is 0 Å². The minimum Gasteiger partial charge on any atom is -0.489 e. The van der Waals surface area contributed by atoms with Gasteiger partial charge < -0.3 is 20.3 Å². The van der Waals surface area contributed by atoms with Crippen LogP contribution in [0.5, 0.6) is 5.75 Å². The quantitative estimate of drug-likeness (QED) is 0.556. The summed E-state index contributed by atoms with van der Waals surface area (Å²) in [5, 5.41) is 10.7. The normalized spacial score (nSPS) is 24.2. The van der Waals surface area contributed by atoms with Gasteiger partial charge in [-0.05, 0) is 55.9 Å².